The third kappa shape index (κ3) is 3.59. The molecule has 2 N–H and O–H groups in total. The minimum atomic E-state index is -4.46. The quantitative estimate of drug-likeness (QED) is 0.778. The highest BCUT2D eigenvalue weighted by Crippen LogP contribution is 2.32. The third-order valence-corrected chi connectivity index (χ3v) is 3.84. The molecule has 132 valence electrons. The Kier molecular flexibility index (Phi) is 5.34. The van der Waals surface area contributed by atoms with Crippen LogP contribution in [0.1, 0.15) is 16.7 Å². The van der Waals surface area contributed by atoms with Gasteiger partial charge >= 0.3 is 6.18 Å². The van der Waals surface area contributed by atoms with Gasteiger partial charge < -0.3 is 10.6 Å². The van der Waals surface area contributed by atoms with Crippen molar-refractivity contribution in [3.05, 3.63) is 65.2 Å². The van der Waals surface area contributed by atoms with E-state index in [1.165, 1.54) is 17.0 Å². The molecule has 0 saturated heterocycles. The predicted molar refractivity (Wildman–Crippen MR) is 95.2 cm³/mol. The molecule has 1 unspecified atom stereocenters. The number of hydrogen-bond donors (Lipinski definition) is 1. The van der Waals surface area contributed by atoms with Crippen LogP contribution >= 0.6 is 17.0 Å². The van der Waals surface area contributed by atoms with E-state index in [1.54, 1.807) is 31.3 Å². The van der Waals surface area contributed by atoms with E-state index in [-0.39, 0.29) is 28.3 Å². The van der Waals surface area contributed by atoms with Crippen LogP contribution in [0.2, 0.25) is 0 Å². The average molecular weight is 414 g/mol. The molecule has 1 atom stereocenters. The molecule has 3 rings (SSSR count). The molecule has 1 aliphatic heterocycles. The van der Waals surface area contributed by atoms with E-state index in [2.05, 4.69) is 4.99 Å². The largest absolute Gasteiger partial charge is 0.416 e. The first-order chi connectivity index (χ1) is 11.3. The number of hydrogen-bond acceptors (Lipinski definition) is 3. The van der Waals surface area contributed by atoms with Crippen LogP contribution in [0.3, 0.4) is 0 Å². The Balaban J connectivity index is 0.00000225. The van der Waals surface area contributed by atoms with Crippen LogP contribution < -0.4 is 10.6 Å². The molecular weight excluding hydrogens is 399 g/mol. The number of rotatable bonds is 1. The number of carbonyl (C=O) groups excluding carboxylic acids is 1. The topological polar surface area (TPSA) is 58.7 Å². The summed E-state index contributed by atoms with van der Waals surface area (Å²) >= 11 is 0. The summed E-state index contributed by atoms with van der Waals surface area (Å²) in [5.41, 5.74) is 6.65. The normalized spacial score (nSPS) is 17.3. The number of fused-ring (bicyclic) bond motifs is 1. The van der Waals surface area contributed by atoms with E-state index in [1.807, 2.05) is 0 Å². The lowest BCUT2D eigenvalue weighted by atomic mass is 9.98. The van der Waals surface area contributed by atoms with Gasteiger partial charge in [0.25, 0.3) is 5.91 Å². The summed E-state index contributed by atoms with van der Waals surface area (Å²) in [6.07, 6.45) is -5.64. The highest BCUT2D eigenvalue weighted by molar-refractivity contribution is 8.93. The van der Waals surface area contributed by atoms with E-state index in [0.717, 1.165) is 12.1 Å². The van der Waals surface area contributed by atoms with Gasteiger partial charge in [0, 0.05) is 18.2 Å². The van der Waals surface area contributed by atoms with Crippen LogP contribution in [0.4, 0.5) is 18.9 Å². The molecule has 0 fully saturated rings. The number of amides is 1. The van der Waals surface area contributed by atoms with Gasteiger partial charge in [0.05, 0.1) is 17.0 Å². The number of benzodiazepines with no additional fused rings is 1. The van der Waals surface area contributed by atoms with Gasteiger partial charge in [-0.2, -0.15) is 13.2 Å². The summed E-state index contributed by atoms with van der Waals surface area (Å²) in [6, 6.07) is 11.7. The molecule has 0 radical (unpaired) electrons. The van der Waals surface area contributed by atoms with Crippen LogP contribution in [0.25, 0.3) is 0 Å². The third-order valence-electron chi connectivity index (χ3n) is 3.84. The Hall–Kier alpha value is -2.19. The summed E-state index contributed by atoms with van der Waals surface area (Å²) in [5, 5.41) is 0. The molecule has 2 aromatic rings. The van der Waals surface area contributed by atoms with Gasteiger partial charge in [-0.3, -0.25) is 9.79 Å². The highest BCUT2D eigenvalue weighted by Gasteiger charge is 2.32. The van der Waals surface area contributed by atoms with Gasteiger partial charge in [0.1, 0.15) is 0 Å². The first-order valence-electron chi connectivity index (χ1n) is 7.17. The minimum absolute atomic E-state index is 0. The highest BCUT2D eigenvalue weighted by atomic mass is 79.9. The number of likely N-dealkylation sites (N-methyl/N-ethyl adjacent to an activating group) is 1. The van der Waals surface area contributed by atoms with Crippen molar-refractivity contribution in [2.75, 3.05) is 11.9 Å². The Morgan fingerprint density at radius 3 is 2.48 bits per heavy atom. The van der Waals surface area contributed by atoms with Crippen molar-refractivity contribution in [3.8, 4) is 0 Å². The number of para-hydroxylation sites is 1. The average Bonchev–Trinajstić information content (AvgIpc) is 2.65. The summed E-state index contributed by atoms with van der Waals surface area (Å²) in [7, 11) is 1.56. The van der Waals surface area contributed by atoms with E-state index >= 15 is 0 Å². The molecule has 0 spiro atoms. The lowest BCUT2D eigenvalue weighted by Gasteiger charge is -2.18. The molecule has 1 aliphatic rings. The van der Waals surface area contributed by atoms with Crippen molar-refractivity contribution in [2.45, 2.75) is 12.3 Å². The van der Waals surface area contributed by atoms with E-state index in [9.17, 15) is 18.0 Å². The minimum Gasteiger partial charge on any atom is -0.312 e. The van der Waals surface area contributed by atoms with Crippen LogP contribution in [0, 0.1) is 0 Å². The van der Waals surface area contributed by atoms with Gasteiger partial charge in [-0.05, 0) is 18.2 Å². The molecule has 1 heterocycles. The summed E-state index contributed by atoms with van der Waals surface area (Å²) in [4.78, 5) is 17.8. The van der Waals surface area contributed by atoms with Gasteiger partial charge in [0.15, 0.2) is 6.17 Å². The van der Waals surface area contributed by atoms with Gasteiger partial charge in [-0.1, -0.05) is 30.3 Å². The number of carbonyl (C=O) groups is 1. The maximum atomic E-state index is 13.0. The van der Waals surface area contributed by atoms with Gasteiger partial charge in [0.2, 0.25) is 0 Å². The second kappa shape index (κ2) is 6.97. The van der Waals surface area contributed by atoms with E-state index in [0.29, 0.717) is 11.3 Å². The zero-order valence-electron chi connectivity index (χ0n) is 13.1. The molecule has 0 aliphatic carbocycles. The van der Waals surface area contributed by atoms with E-state index in [4.69, 9.17) is 5.73 Å². The number of aliphatic imine (C=N–C) groups is 1. The predicted octanol–water partition coefficient (Wildman–Crippen LogP) is 3.38. The van der Waals surface area contributed by atoms with Gasteiger partial charge in [-0.15, -0.1) is 17.0 Å². The zero-order valence-corrected chi connectivity index (χ0v) is 14.8. The summed E-state index contributed by atoms with van der Waals surface area (Å²) in [5.74, 6) is -0.426. The maximum Gasteiger partial charge on any atom is 0.416 e. The van der Waals surface area contributed by atoms with Crippen LogP contribution in [-0.2, 0) is 11.0 Å². The molecular formula is C17H15BrF3N3O. The Labute approximate surface area is 152 Å². The second-order valence-corrected chi connectivity index (χ2v) is 5.42. The summed E-state index contributed by atoms with van der Waals surface area (Å²) in [6.45, 7) is 0. The molecule has 1 amide bonds. The van der Waals surface area contributed by atoms with Crippen molar-refractivity contribution < 1.29 is 18.0 Å². The van der Waals surface area contributed by atoms with Crippen molar-refractivity contribution in [3.63, 3.8) is 0 Å². The van der Waals surface area contributed by atoms with Crippen molar-refractivity contribution >= 4 is 34.3 Å². The molecule has 8 heteroatoms. The molecule has 2 aromatic carbocycles. The fraction of sp³-hybridized carbons (Fsp3) is 0.176. The van der Waals surface area contributed by atoms with Crippen molar-refractivity contribution in [1.82, 2.24) is 0 Å². The lowest BCUT2D eigenvalue weighted by Crippen LogP contribution is -2.39. The fourth-order valence-electron chi connectivity index (χ4n) is 2.62. The van der Waals surface area contributed by atoms with Crippen LogP contribution in [-0.4, -0.2) is 24.8 Å². The zero-order chi connectivity index (χ0) is 17.5. The number of nitrogens with two attached hydrogens (primary N) is 1. The first kappa shape index (κ1) is 19.1. The van der Waals surface area contributed by atoms with Crippen LogP contribution in [0.5, 0.6) is 0 Å². The molecule has 0 saturated carbocycles. The fourth-order valence-corrected chi connectivity index (χ4v) is 2.62. The van der Waals surface area contributed by atoms with Crippen molar-refractivity contribution in [2.24, 2.45) is 10.7 Å². The smallest absolute Gasteiger partial charge is 0.312 e. The lowest BCUT2D eigenvalue weighted by molar-refractivity contribution is -0.137. The molecule has 25 heavy (non-hydrogen) atoms. The number of anilines is 1. The number of halogens is 4. The first-order valence-corrected chi connectivity index (χ1v) is 7.17. The monoisotopic (exact) mass is 413 g/mol. The number of nitrogens with zero attached hydrogens (tertiary/aromatic N) is 2. The van der Waals surface area contributed by atoms with Gasteiger partial charge in [-0.25, -0.2) is 0 Å². The van der Waals surface area contributed by atoms with E-state index < -0.39 is 23.8 Å². The van der Waals surface area contributed by atoms with Crippen LogP contribution in [0.15, 0.2) is 53.5 Å². The number of alkyl halides is 3. The second-order valence-electron chi connectivity index (χ2n) is 5.42. The molecule has 0 bridgehead atoms. The standard InChI is InChI=1S/C17H14F3N3O.BrH/c1-23-13-8-3-2-7-12(13)14(22-15(21)16(23)24)10-5-4-6-11(9-10)17(18,19)20;/h2-9,15H,21H2,1H3;1H. The maximum absolute atomic E-state index is 13.0. The SMILES string of the molecule is Br.CN1C(=O)C(N)N=C(c2cccc(C(F)(F)F)c2)c2ccccc21. The molecule has 0 aromatic heterocycles. The molecule has 4 nitrogen and oxygen atoms in total. The Morgan fingerprint density at radius 1 is 1.12 bits per heavy atom. The number of benzene rings is 2. The Morgan fingerprint density at radius 2 is 1.80 bits per heavy atom. The summed E-state index contributed by atoms with van der Waals surface area (Å²) < 4.78 is 39.0. The Bertz CT molecular complexity index is 836. The van der Waals surface area contributed by atoms with Crippen molar-refractivity contribution in [1.29, 1.82) is 0 Å².